The van der Waals surface area contributed by atoms with E-state index in [9.17, 15) is 0 Å². The van der Waals surface area contributed by atoms with E-state index in [-0.39, 0.29) is 6.61 Å². The molecule has 0 aromatic heterocycles. The molecule has 1 aromatic carbocycles. The zero-order chi connectivity index (χ0) is 14.3. The number of nitrogens with one attached hydrogen (secondary N) is 1. The first-order valence-electron chi connectivity index (χ1n) is 7.58. The smallest absolute Gasteiger partial charge is 0.174 e. The molecular weight excluding hydrogens is 248 g/mol. The summed E-state index contributed by atoms with van der Waals surface area (Å²) in [6.45, 7) is 4.30. The van der Waals surface area contributed by atoms with Crippen molar-refractivity contribution in [2.45, 2.75) is 45.6 Å². The Balaban J connectivity index is 1.89. The van der Waals surface area contributed by atoms with Crippen molar-refractivity contribution < 1.29 is 4.74 Å². The molecule has 0 saturated heterocycles. The molecule has 0 spiro atoms. The molecule has 1 aliphatic rings. The Kier molecular flexibility index (Phi) is 5.43. The Morgan fingerprint density at radius 3 is 2.75 bits per heavy atom. The number of benzene rings is 1. The average molecular weight is 272 g/mol. The number of ether oxygens (including phenoxy) is 1. The van der Waals surface area contributed by atoms with Crippen LogP contribution in [0.5, 0.6) is 5.75 Å². The molecule has 1 aromatic rings. The summed E-state index contributed by atoms with van der Waals surface area (Å²) in [6, 6.07) is 9.97. The predicted molar refractivity (Wildman–Crippen MR) is 80.4 cm³/mol. The fourth-order valence-corrected chi connectivity index (χ4v) is 3.14. The summed E-state index contributed by atoms with van der Waals surface area (Å²) in [6.07, 6.45) is 6.70. The van der Waals surface area contributed by atoms with Gasteiger partial charge in [0.1, 0.15) is 11.8 Å². The first kappa shape index (κ1) is 14.9. The van der Waals surface area contributed by atoms with Crippen molar-refractivity contribution in [1.29, 1.82) is 5.26 Å². The van der Waals surface area contributed by atoms with Crippen molar-refractivity contribution >= 4 is 0 Å². The quantitative estimate of drug-likeness (QED) is 0.824. The van der Waals surface area contributed by atoms with Gasteiger partial charge in [-0.3, -0.25) is 0 Å². The zero-order valence-electron chi connectivity index (χ0n) is 12.3. The van der Waals surface area contributed by atoms with Gasteiger partial charge in [-0.1, -0.05) is 38.0 Å². The molecular formula is C17H24N2O. The molecule has 1 fully saturated rings. The highest BCUT2D eigenvalue weighted by atomic mass is 16.5. The molecule has 2 rings (SSSR count). The summed E-state index contributed by atoms with van der Waals surface area (Å²) in [5.41, 5.74) is 1.63. The molecule has 0 aliphatic heterocycles. The van der Waals surface area contributed by atoms with Gasteiger partial charge in [0, 0.05) is 18.7 Å². The molecule has 0 amide bonds. The molecule has 0 heterocycles. The van der Waals surface area contributed by atoms with Crippen LogP contribution in [0.4, 0.5) is 0 Å². The summed E-state index contributed by atoms with van der Waals surface area (Å²) < 4.78 is 5.46. The van der Waals surface area contributed by atoms with Crippen LogP contribution >= 0.6 is 0 Å². The fourth-order valence-electron chi connectivity index (χ4n) is 3.14. The number of rotatable bonds is 7. The van der Waals surface area contributed by atoms with Crippen LogP contribution in [0.2, 0.25) is 0 Å². The monoisotopic (exact) mass is 272 g/mol. The van der Waals surface area contributed by atoms with Gasteiger partial charge < -0.3 is 10.1 Å². The van der Waals surface area contributed by atoms with Gasteiger partial charge in [0.05, 0.1) is 0 Å². The van der Waals surface area contributed by atoms with Crippen LogP contribution in [-0.4, -0.2) is 13.2 Å². The van der Waals surface area contributed by atoms with E-state index in [1.54, 1.807) is 0 Å². The second-order valence-corrected chi connectivity index (χ2v) is 5.72. The lowest BCUT2D eigenvalue weighted by Crippen LogP contribution is -2.31. The molecule has 3 nitrogen and oxygen atoms in total. The van der Waals surface area contributed by atoms with Gasteiger partial charge in [0.2, 0.25) is 0 Å². The number of hydrogen-bond acceptors (Lipinski definition) is 3. The maximum atomic E-state index is 8.61. The van der Waals surface area contributed by atoms with Crippen LogP contribution in [0.3, 0.4) is 0 Å². The molecule has 1 aliphatic carbocycles. The van der Waals surface area contributed by atoms with E-state index in [1.807, 2.05) is 24.3 Å². The van der Waals surface area contributed by atoms with Crippen molar-refractivity contribution in [3.05, 3.63) is 29.8 Å². The largest absolute Gasteiger partial charge is 0.478 e. The van der Waals surface area contributed by atoms with E-state index in [2.05, 4.69) is 18.3 Å². The summed E-state index contributed by atoms with van der Waals surface area (Å²) in [5.74, 6) is 0.818. The number of nitriles is 1. The van der Waals surface area contributed by atoms with Gasteiger partial charge in [-0.05, 0) is 30.7 Å². The first-order chi connectivity index (χ1) is 9.79. The minimum Gasteiger partial charge on any atom is -0.478 e. The van der Waals surface area contributed by atoms with Gasteiger partial charge in [-0.2, -0.15) is 5.26 Å². The van der Waals surface area contributed by atoms with E-state index >= 15 is 0 Å². The lowest BCUT2D eigenvalue weighted by Gasteiger charge is -2.28. The van der Waals surface area contributed by atoms with Crippen molar-refractivity contribution in [2.24, 2.45) is 5.41 Å². The Labute approximate surface area is 121 Å². The molecule has 20 heavy (non-hydrogen) atoms. The van der Waals surface area contributed by atoms with Crippen LogP contribution in [0, 0.1) is 16.7 Å². The molecule has 0 unspecified atom stereocenters. The fraction of sp³-hybridized carbons (Fsp3) is 0.588. The van der Waals surface area contributed by atoms with Crippen LogP contribution in [0.1, 0.15) is 44.6 Å². The highest BCUT2D eigenvalue weighted by Crippen LogP contribution is 2.40. The van der Waals surface area contributed by atoms with E-state index in [0.29, 0.717) is 5.41 Å². The van der Waals surface area contributed by atoms with Crippen molar-refractivity contribution in [3.8, 4) is 11.8 Å². The zero-order valence-corrected chi connectivity index (χ0v) is 12.3. The Morgan fingerprint density at radius 1 is 1.30 bits per heavy atom. The Hall–Kier alpha value is -1.53. The molecule has 108 valence electrons. The average Bonchev–Trinajstić information content (AvgIpc) is 2.96. The van der Waals surface area contributed by atoms with Crippen molar-refractivity contribution in [3.63, 3.8) is 0 Å². The third-order valence-electron chi connectivity index (χ3n) is 4.49. The van der Waals surface area contributed by atoms with Gasteiger partial charge in [-0.25, -0.2) is 0 Å². The standard InChI is InChI=1S/C17H24N2O/c1-2-17(9-5-6-10-17)14-19-13-15-7-3-4-8-16(15)20-12-11-18/h3-4,7-8,19H,2,5-6,9-10,12-14H2,1H3. The van der Waals surface area contributed by atoms with Gasteiger partial charge in [-0.15, -0.1) is 0 Å². The SMILES string of the molecule is CCC1(CNCc2ccccc2OCC#N)CCCC1. The maximum Gasteiger partial charge on any atom is 0.174 e. The summed E-state index contributed by atoms with van der Waals surface area (Å²) in [4.78, 5) is 0. The normalized spacial score (nSPS) is 16.8. The molecule has 0 radical (unpaired) electrons. The first-order valence-corrected chi connectivity index (χ1v) is 7.58. The van der Waals surface area contributed by atoms with Gasteiger partial charge in [0.15, 0.2) is 6.61 Å². The molecule has 0 bridgehead atoms. The molecule has 1 saturated carbocycles. The summed E-state index contributed by atoms with van der Waals surface area (Å²) in [7, 11) is 0. The van der Waals surface area contributed by atoms with Crippen LogP contribution in [-0.2, 0) is 6.54 Å². The highest BCUT2D eigenvalue weighted by Gasteiger charge is 2.31. The number of nitrogens with zero attached hydrogens (tertiary/aromatic N) is 1. The second-order valence-electron chi connectivity index (χ2n) is 5.72. The summed E-state index contributed by atoms with van der Waals surface area (Å²) >= 11 is 0. The van der Waals surface area contributed by atoms with Gasteiger partial charge >= 0.3 is 0 Å². The van der Waals surface area contributed by atoms with Crippen LogP contribution in [0.25, 0.3) is 0 Å². The topological polar surface area (TPSA) is 45.0 Å². The third kappa shape index (κ3) is 3.74. The lowest BCUT2D eigenvalue weighted by molar-refractivity contribution is 0.267. The number of para-hydroxylation sites is 1. The predicted octanol–water partition coefficient (Wildman–Crippen LogP) is 3.65. The Morgan fingerprint density at radius 2 is 2.05 bits per heavy atom. The molecule has 0 atom stereocenters. The highest BCUT2D eigenvalue weighted by molar-refractivity contribution is 5.33. The molecule has 1 N–H and O–H groups in total. The lowest BCUT2D eigenvalue weighted by atomic mass is 9.83. The number of hydrogen-bond donors (Lipinski definition) is 1. The Bertz CT molecular complexity index is 458. The van der Waals surface area contributed by atoms with Crippen LogP contribution < -0.4 is 10.1 Å². The van der Waals surface area contributed by atoms with Gasteiger partial charge in [0.25, 0.3) is 0 Å². The van der Waals surface area contributed by atoms with E-state index in [1.165, 1.54) is 32.1 Å². The minimum atomic E-state index is 0.107. The second kappa shape index (κ2) is 7.31. The van der Waals surface area contributed by atoms with E-state index < -0.39 is 0 Å². The van der Waals surface area contributed by atoms with Crippen LogP contribution in [0.15, 0.2) is 24.3 Å². The third-order valence-corrected chi connectivity index (χ3v) is 4.49. The minimum absolute atomic E-state index is 0.107. The summed E-state index contributed by atoms with van der Waals surface area (Å²) in [5, 5.41) is 12.2. The van der Waals surface area contributed by atoms with Crippen molar-refractivity contribution in [2.75, 3.05) is 13.2 Å². The van der Waals surface area contributed by atoms with E-state index in [0.717, 1.165) is 24.4 Å². The maximum absolute atomic E-state index is 8.61. The van der Waals surface area contributed by atoms with E-state index in [4.69, 9.17) is 10.00 Å². The molecule has 3 heteroatoms. The van der Waals surface area contributed by atoms with Crippen molar-refractivity contribution in [1.82, 2.24) is 5.32 Å².